The Labute approximate surface area is 104 Å². The number of ether oxygens (including phenoxy) is 2. The Balaban J connectivity index is 2.00. The number of unbranched alkanes of at least 4 members (excludes halogenated alkanes) is 5. The predicted octanol–water partition coefficient (Wildman–Crippen LogP) is 2.01. The van der Waals surface area contributed by atoms with Crippen LogP contribution in [0.15, 0.2) is 0 Å². The first-order valence-corrected chi connectivity index (χ1v) is 6.73. The van der Waals surface area contributed by atoms with E-state index in [0.29, 0.717) is 26.2 Å². The van der Waals surface area contributed by atoms with Crippen LogP contribution in [0, 0.1) is 0 Å². The summed E-state index contributed by atoms with van der Waals surface area (Å²) in [5, 5.41) is 0. The van der Waals surface area contributed by atoms with E-state index < -0.39 is 5.54 Å². The average molecular weight is 243 g/mol. The number of rotatable bonds is 8. The maximum Gasteiger partial charge on any atom is 0.328 e. The van der Waals surface area contributed by atoms with Gasteiger partial charge in [0.15, 0.2) is 0 Å². The molecule has 0 amide bonds. The van der Waals surface area contributed by atoms with E-state index in [1.165, 1.54) is 25.7 Å². The van der Waals surface area contributed by atoms with Gasteiger partial charge in [0.1, 0.15) is 5.54 Å². The zero-order valence-corrected chi connectivity index (χ0v) is 10.9. The lowest BCUT2D eigenvalue weighted by atomic mass is 10.0. The normalized spacial score (nSPS) is 23.9. The van der Waals surface area contributed by atoms with Gasteiger partial charge in [-0.25, -0.2) is 4.79 Å². The first kappa shape index (κ1) is 14.5. The van der Waals surface area contributed by atoms with Gasteiger partial charge in [0.05, 0.1) is 13.2 Å². The molecule has 2 N–H and O–H groups in total. The van der Waals surface area contributed by atoms with Crippen molar-refractivity contribution in [3.63, 3.8) is 0 Å². The summed E-state index contributed by atoms with van der Waals surface area (Å²) in [6, 6.07) is 0. The van der Waals surface area contributed by atoms with Crippen molar-refractivity contribution < 1.29 is 14.3 Å². The molecule has 0 bridgehead atoms. The summed E-state index contributed by atoms with van der Waals surface area (Å²) < 4.78 is 10.3. The summed E-state index contributed by atoms with van der Waals surface area (Å²) in [6.07, 6.45) is 7.69. The van der Waals surface area contributed by atoms with E-state index in [0.717, 1.165) is 12.8 Å². The Morgan fingerprint density at radius 1 is 1.29 bits per heavy atom. The largest absolute Gasteiger partial charge is 0.464 e. The minimum atomic E-state index is -0.887. The fourth-order valence-corrected chi connectivity index (χ4v) is 1.93. The molecule has 0 aromatic rings. The van der Waals surface area contributed by atoms with E-state index in [4.69, 9.17) is 15.2 Å². The van der Waals surface area contributed by atoms with Gasteiger partial charge >= 0.3 is 5.97 Å². The van der Waals surface area contributed by atoms with Gasteiger partial charge in [-0.2, -0.15) is 0 Å². The molecule has 4 heteroatoms. The molecule has 0 spiro atoms. The van der Waals surface area contributed by atoms with E-state index >= 15 is 0 Å². The predicted molar refractivity (Wildman–Crippen MR) is 66.7 cm³/mol. The monoisotopic (exact) mass is 243 g/mol. The van der Waals surface area contributed by atoms with Gasteiger partial charge in [-0.1, -0.05) is 39.0 Å². The second kappa shape index (κ2) is 7.67. The fourth-order valence-electron chi connectivity index (χ4n) is 1.93. The zero-order valence-electron chi connectivity index (χ0n) is 10.9. The van der Waals surface area contributed by atoms with Crippen LogP contribution in [0.4, 0.5) is 0 Å². The molecule has 1 atom stereocenters. The zero-order chi connectivity index (χ0) is 12.6. The maximum atomic E-state index is 11.7. The van der Waals surface area contributed by atoms with Gasteiger partial charge in [0.2, 0.25) is 0 Å². The molecule has 0 aromatic heterocycles. The minimum absolute atomic E-state index is 0.294. The van der Waals surface area contributed by atoms with E-state index in [1.54, 1.807) is 0 Å². The lowest BCUT2D eigenvalue weighted by Gasteiger charge is -2.19. The summed E-state index contributed by atoms with van der Waals surface area (Å²) >= 11 is 0. The molecule has 1 rings (SSSR count). The topological polar surface area (TPSA) is 61.5 Å². The summed E-state index contributed by atoms with van der Waals surface area (Å²) in [5.41, 5.74) is 5.00. The van der Waals surface area contributed by atoms with Crippen LogP contribution in [0.1, 0.15) is 51.9 Å². The molecule has 0 aliphatic carbocycles. The Morgan fingerprint density at radius 3 is 2.65 bits per heavy atom. The van der Waals surface area contributed by atoms with Crippen molar-refractivity contribution in [2.45, 2.75) is 57.4 Å². The third-order valence-corrected chi connectivity index (χ3v) is 3.19. The lowest BCUT2D eigenvalue weighted by molar-refractivity contribution is -0.150. The van der Waals surface area contributed by atoms with Crippen molar-refractivity contribution in [1.29, 1.82) is 0 Å². The van der Waals surface area contributed by atoms with Gasteiger partial charge in [-0.05, 0) is 6.42 Å². The molecular weight excluding hydrogens is 218 g/mol. The van der Waals surface area contributed by atoms with Crippen LogP contribution < -0.4 is 5.73 Å². The standard InChI is InChI=1S/C13H25NO3/c1-2-3-4-5-6-7-9-17-12(15)13(14)8-10-16-11-13/h2-11,14H2,1H3. The van der Waals surface area contributed by atoms with Crippen molar-refractivity contribution in [3.05, 3.63) is 0 Å². The van der Waals surface area contributed by atoms with Crippen LogP contribution in [0.3, 0.4) is 0 Å². The first-order chi connectivity index (χ1) is 8.19. The number of hydrogen-bond acceptors (Lipinski definition) is 4. The summed E-state index contributed by atoms with van der Waals surface area (Å²) in [6.45, 7) is 3.54. The Hall–Kier alpha value is -0.610. The van der Waals surface area contributed by atoms with E-state index in [1.807, 2.05) is 0 Å². The smallest absolute Gasteiger partial charge is 0.328 e. The van der Waals surface area contributed by atoms with Crippen LogP contribution in [0.2, 0.25) is 0 Å². The van der Waals surface area contributed by atoms with Crippen molar-refractivity contribution in [1.82, 2.24) is 0 Å². The van der Waals surface area contributed by atoms with Crippen molar-refractivity contribution >= 4 is 5.97 Å². The molecule has 1 heterocycles. The molecule has 1 saturated heterocycles. The summed E-state index contributed by atoms with van der Waals surface area (Å²) in [4.78, 5) is 11.7. The minimum Gasteiger partial charge on any atom is -0.464 e. The molecule has 1 fully saturated rings. The molecule has 100 valence electrons. The Kier molecular flexibility index (Phi) is 6.52. The first-order valence-electron chi connectivity index (χ1n) is 6.73. The SMILES string of the molecule is CCCCCCCCOC(=O)C1(N)CCOC1. The summed E-state index contributed by atoms with van der Waals surface area (Å²) in [5.74, 6) is -0.302. The highest BCUT2D eigenvalue weighted by atomic mass is 16.5. The van der Waals surface area contributed by atoms with Crippen LogP contribution in [0.25, 0.3) is 0 Å². The average Bonchev–Trinajstić information content (AvgIpc) is 2.76. The third kappa shape index (κ3) is 5.04. The molecule has 0 radical (unpaired) electrons. The van der Waals surface area contributed by atoms with Crippen molar-refractivity contribution in [2.75, 3.05) is 19.8 Å². The van der Waals surface area contributed by atoms with E-state index in [2.05, 4.69) is 6.92 Å². The molecule has 1 aliphatic heterocycles. The number of nitrogens with two attached hydrogens (primary N) is 1. The van der Waals surface area contributed by atoms with Crippen molar-refractivity contribution in [3.8, 4) is 0 Å². The third-order valence-electron chi connectivity index (χ3n) is 3.19. The highest BCUT2D eigenvalue weighted by molar-refractivity contribution is 5.81. The maximum absolute atomic E-state index is 11.7. The van der Waals surface area contributed by atoms with Crippen molar-refractivity contribution in [2.24, 2.45) is 5.73 Å². The lowest BCUT2D eigenvalue weighted by Crippen LogP contribution is -2.49. The highest BCUT2D eigenvalue weighted by Gasteiger charge is 2.39. The number of carbonyl (C=O) groups excluding carboxylic acids is 1. The summed E-state index contributed by atoms with van der Waals surface area (Å²) in [7, 11) is 0. The second-order valence-electron chi connectivity index (χ2n) is 4.86. The molecule has 1 aliphatic rings. The van der Waals surface area contributed by atoms with E-state index in [-0.39, 0.29) is 5.97 Å². The van der Waals surface area contributed by atoms with E-state index in [9.17, 15) is 4.79 Å². The molecule has 0 aromatic carbocycles. The van der Waals surface area contributed by atoms with Crippen LogP contribution in [-0.4, -0.2) is 31.3 Å². The quantitative estimate of drug-likeness (QED) is 0.523. The molecule has 0 saturated carbocycles. The van der Waals surface area contributed by atoms with Crippen LogP contribution in [0.5, 0.6) is 0 Å². The van der Waals surface area contributed by atoms with Gasteiger partial charge in [0.25, 0.3) is 0 Å². The van der Waals surface area contributed by atoms with Gasteiger partial charge in [-0.3, -0.25) is 0 Å². The Morgan fingerprint density at radius 2 is 2.00 bits per heavy atom. The molecule has 4 nitrogen and oxygen atoms in total. The number of hydrogen-bond donors (Lipinski definition) is 1. The molecule has 1 unspecified atom stereocenters. The number of carbonyl (C=O) groups is 1. The molecule has 17 heavy (non-hydrogen) atoms. The number of esters is 1. The van der Waals surface area contributed by atoms with Gasteiger partial charge in [-0.15, -0.1) is 0 Å². The van der Waals surface area contributed by atoms with Gasteiger partial charge in [0, 0.05) is 13.0 Å². The molecular formula is C13H25NO3. The van der Waals surface area contributed by atoms with Gasteiger partial charge < -0.3 is 15.2 Å². The second-order valence-corrected chi connectivity index (χ2v) is 4.86. The Bertz CT molecular complexity index is 225. The van der Waals surface area contributed by atoms with Crippen LogP contribution >= 0.6 is 0 Å². The highest BCUT2D eigenvalue weighted by Crippen LogP contribution is 2.17. The fraction of sp³-hybridized carbons (Fsp3) is 0.923. The van der Waals surface area contributed by atoms with Crippen LogP contribution in [-0.2, 0) is 14.3 Å².